The number of nitrogens with one attached hydrogen (secondary N) is 2. The van der Waals surface area contributed by atoms with E-state index in [1.54, 1.807) is 0 Å². The van der Waals surface area contributed by atoms with Gasteiger partial charge in [-0.2, -0.15) is 0 Å². The maximum atomic E-state index is 12.4. The number of carbonyl (C=O) groups excluding carboxylic acids is 2. The lowest BCUT2D eigenvalue weighted by molar-refractivity contribution is -0.141. The van der Waals surface area contributed by atoms with Crippen LogP contribution in [0.3, 0.4) is 0 Å². The van der Waals surface area contributed by atoms with E-state index >= 15 is 0 Å². The van der Waals surface area contributed by atoms with Crippen LogP contribution in [-0.4, -0.2) is 24.0 Å². The van der Waals surface area contributed by atoms with Crippen LogP contribution in [0.25, 0.3) is 10.9 Å². The number of aryl methyl sites for hydroxylation is 1. The zero-order valence-corrected chi connectivity index (χ0v) is 15.4. The molecule has 1 atom stereocenters. The van der Waals surface area contributed by atoms with Gasteiger partial charge in [-0.3, -0.25) is 9.59 Å². The first-order chi connectivity index (χ1) is 13.2. The number of fused-ring (bicyclic) bond motifs is 1. The molecule has 2 N–H and O–H groups in total. The fourth-order valence-corrected chi connectivity index (χ4v) is 3.23. The molecule has 1 heterocycles. The molecule has 3 aromatic rings. The first kappa shape index (κ1) is 18.7. The Hall–Kier alpha value is -3.08. The van der Waals surface area contributed by atoms with Crippen molar-refractivity contribution in [1.29, 1.82) is 0 Å². The second-order valence-electron chi connectivity index (χ2n) is 6.52. The zero-order chi connectivity index (χ0) is 19.1. The van der Waals surface area contributed by atoms with E-state index in [9.17, 15) is 9.59 Å². The van der Waals surface area contributed by atoms with E-state index in [4.69, 9.17) is 4.74 Å². The molecule has 5 nitrogen and oxygen atoms in total. The highest BCUT2D eigenvalue weighted by Gasteiger charge is 2.18. The first-order valence-corrected chi connectivity index (χ1v) is 9.13. The number of ether oxygens (including phenoxy) is 1. The van der Waals surface area contributed by atoms with Crippen molar-refractivity contribution in [2.75, 3.05) is 7.11 Å². The second-order valence-corrected chi connectivity index (χ2v) is 6.52. The van der Waals surface area contributed by atoms with Gasteiger partial charge in [0.25, 0.3) is 0 Å². The maximum Gasteiger partial charge on any atom is 0.307 e. The molecule has 0 spiro atoms. The van der Waals surface area contributed by atoms with Gasteiger partial charge in [-0.25, -0.2) is 0 Å². The molecule has 1 unspecified atom stereocenters. The van der Waals surface area contributed by atoms with Gasteiger partial charge in [0.2, 0.25) is 5.91 Å². The summed E-state index contributed by atoms with van der Waals surface area (Å²) in [7, 11) is 1.35. The van der Waals surface area contributed by atoms with Crippen LogP contribution < -0.4 is 5.32 Å². The van der Waals surface area contributed by atoms with Crippen LogP contribution in [0.15, 0.2) is 60.8 Å². The van der Waals surface area contributed by atoms with E-state index in [-0.39, 0.29) is 24.3 Å². The topological polar surface area (TPSA) is 71.2 Å². The normalized spacial score (nSPS) is 11.9. The van der Waals surface area contributed by atoms with Gasteiger partial charge < -0.3 is 15.0 Å². The summed E-state index contributed by atoms with van der Waals surface area (Å²) in [6.07, 6.45) is 4.10. The molecule has 0 saturated carbocycles. The van der Waals surface area contributed by atoms with Crippen LogP contribution in [0.1, 0.15) is 36.4 Å². The standard InChI is InChI=1S/C22H24N2O3/c1-27-22(26)14-20(16-8-3-2-4-9-16)24-21(25)13-7-10-17-15-23-19-12-6-5-11-18(17)19/h2-6,8-9,11-12,15,20,23H,7,10,13-14H2,1H3,(H,24,25). The molecule has 0 aliphatic rings. The van der Waals surface area contributed by atoms with Crippen molar-refractivity contribution in [1.82, 2.24) is 10.3 Å². The van der Waals surface area contributed by atoms with E-state index in [0.717, 1.165) is 23.9 Å². The number of H-pyrrole nitrogens is 1. The predicted molar refractivity (Wildman–Crippen MR) is 105 cm³/mol. The van der Waals surface area contributed by atoms with Crippen molar-refractivity contribution in [3.05, 3.63) is 71.9 Å². The minimum Gasteiger partial charge on any atom is -0.469 e. The van der Waals surface area contributed by atoms with Crippen molar-refractivity contribution in [2.24, 2.45) is 0 Å². The minimum atomic E-state index is -0.376. The molecule has 0 fully saturated rings. The largest absolute Gasteiger partial charge is 0.469 e. The highest BCUT2D eigenvalue weighted by atomic mass is 16.5. The Kier molecular flexibility index (Phi) is 6.26. The first-order valence-electron chi connectivity index (χ1n) is 9.13. The molecule has 1 amide bonds. The molecule has 0 saturated heterocycles. The quantitative estimate of drug-likeness (QED) is 0.595. The molecule has 140 valence electrons. The number of rotatable bonds is 8. The van der Waals surface area contributed by atoms with Gasteiger partial charge >= 0.3 is 5.97 Å². The van der Waals surface area contributed by atoms with E-state index in [1.165, 1.54) is 18.1 Å². The van der Waals surface area contributed by atoms with Crippen LogP contribution in [0.4, 0.5) is 0 Å². The molecule has 3 rings (SSSR count). The number of aromatic amines is 1. The van der Waals surface area contributed by atoms with E-state index in [2.05, 4.69) is 16.4 Å². The van der Waals surface area contributed by atoms with Crippen LogP contribution in [0, 0.1) is 0 Å². The maximum absolute atomic E-state index is 12.4. The van der Waals surface area contributed by atoms with Crippen LogP contribution >= 0.6 is 0 Å². The Bertz CT molecular complexity index is 902. The van der Waals surface area contributed by atoms with Crippen molar-refractivity contribution in [2.45, 2.75) is 31.7 Å². The van der Waals surface area contributed by atoms with E-state index < -0.39 is 0 Å². The molecule has 0 aliphatic carbocycles. The summed E-state index contributed by atoms with van der Waals surface area (Å²) < 4.78 is 4.76. The number of amides is 1. The number of hydrogen-bond donors (Lipinski definition) is 2. The third-order valence-corrected chi connectivity index (χ3v) is 4.66. The summed E-state index contributed by atoms with van der Waals surface area (Å²) in [6.45, 7) is 0. The fraction of sp³-hybridized carbons (Fsp3) is 0.273. The van der Waals surface area contributed by atoms with Gasteiger partial charge in [0, 0.05) is 23.5 Å². The molecule has 27 heavy (non-hydrogen) atoms. The summed E-state index contributed by atoms with van der Waals surface area (Å²) in [4.78, 5) is 27.4. The monoisotopic (exact) mass is 364 g/mol. The summed E-state index contributed by atoms with van der Waals surface area (Å²) in [6, 6.07) is 17.3. The Labute approximate surface area is 158 Å². The number of para-hydroxylation sites is 1. The lowest BCUT2D eigenvalue weighted by Gasteiger charge is -2.18. The summed E-state index contributed by atoms with van der Waals surface area (Å²) in [5.41, 5.74) is 3.22. The Morgan fingerprint density at radius 1 is 1.07 bits per heavy atom. The molecule has 5 heteroatoms. The summed E-state index contributed by atoms with van der Waals surface area (Å²) in [5, 5.41) is 4.17. The molecular weight excluding hydrogens is 340 g/mol. The lowest BCUT2D eigenvalue weighted by Crippen LogP contribution is -2.30. The number of hydrogen-bond acceptors (Lipinski definition) is 3. The van der Waals surface area contributed by atoms with Crippen LogP contribution in [0.5, 0.6) is 0 Å². The average Bonchev–Trinajstić information content (AvgIpc) is 3.11. The Morgan fingerprint density at radius 3 is 2.59 bits per heavy atom. The van der Waals surface area contributed by atoms with Gasteiger partial charge in [0.15, 0.2) is 0 Å². The average molecular weight is 364 g/mol. The van der Waals surface area contributed by atoms with Crippen molar-refractivity contribution in [3.8, 4) is 0 Å². The highest BCUT2D eigenvalue weighted by molar-refractivity contribution is 5.83. The molecule has 0 radical (unpaired) electrons. The molecule has 1 aromatic heterocycles. The number of aromatic nitrogens is 1. The number of methoxy groups -OCH3 is 1. The summed E-state index contributed by atoms with van der Waals surface area (Å²) >= 11 is 0. The number of esters is 1. The van der Waals surface area contributed by atoms with E-state index in [0.29, 0.717) is 6.42 Å². The lowest BCUT2D eigenvalue weighted by atomic mass is 10.0. The van der Waals surface area contributed by atoms with Gasteiger partial charge in [0.05, 0.1) is 19.6 Å². The SMILES string of the molecule is COC(=O)CC(NC(=O)CCCc1c[nH]c2ccccc12)c1ccccc1. The number of benzene rings is 2. The summed E-state index contributed by atoms with van der Waals surface area (Å²) in [5.74, 6) is -0.407. The predicted octanol–water partition coefficient (Wildman–Crippen LogP) is 3.91. The van der Waals surface area contributed by atoms with Crippen LogP contribution in [0.2, 0.25) is 0 Å². The fourth-order valence-electron chi connectivity index (χ4n) is 3.23. The molecule has 2 aromatic carbocycles. The van der Waals surface area contributed by atoms with Crippen molar-refractivity contribution in [3.63, 3.8) is 0 Å². The van der Waals surface area contributed by atoms with E-state index in [1.807, 2.05) is 54.7 Å². The van der Waals surface area contributed by atoms with Crippen molar-refractivity contribution < 1.29 is 14.3 Å². The van der Waals surface area contributed by atoms with Gasteiger partial charge in [-0.15, -0.1) is 0 Å². The van der Waals surface area contributed by atoms with Gasteiger partial charge in [0.1, 0.15) is 0 Å². The smallest absolute Gasteiger partial charge is 0.307 e. The van der Waals surface area contributed by atoms with Crippen LogP contribution in [-0.2, 0) is 20.7 Å². The highest BCUT2D eigenvalue weighted by Crippen LogP contribution is 2.20. The zero-order valence-electron chi connectivity index (χ0n) is 15.4. The van der Waals surface area contributed by atoms with Crippen molar-refractivity contribution >= 4 is 22.8 Å². The third kappa shape index (κ3) is 4.97. The Morgan fingerprint density at radius 2 is 1.81 bits per heavy atom. The molecule has 0 bridgehead atoms. The number of carbonyl (C=O) groups is 2. The minimum absolute atomic E-state index is 0.0624. The van der Waals surface area contributed by atoms with Gasteiger partial charge in [-0.05, 0) is 30.0 Å². The second kappa shape index (κ2) is 9.03. The molecular formula is C22H24N2O3. The molecule has 0 aliphatic heterocycles. The van der Waals surface area contributed by atoms with Gasteiger partial charge in [-0.1, -0.05) is 48.5 Å². The Balaban J connectivity index is 1.56. The third-order valence-electron chi connectivity index (χ3n) is 4.66.